The minimum atomic E-state index is 0.0232. The fourth-order valence-corrected chi connectivity index (χ4v) is 3.02. The Morgan fingerprint density at radius 2 is 2.15 bits per heavy atom. The van der Waals surface area contributed by atoms with E-state index in [1.807, 2.05) is 12.3 Å². The Morgan fingerprint density at radius 3 is 2.65 bits per heavy atom. The molecular weight excluding hydrogens is 318 g/mol. The van der Waals surface area contributed by atoms with E-state index in [4.69, 9.17) is 0 Å². The van der Waals surface area contributed by atoms with Crippen molar-refractivity contribution in [2.75, 3.05) is 20.6 Å². The van der Waals surface area contributed by atoms with Crippen LogP contribution < -0.4 is 5.32 Å². The van der Waals surface area contributed by atoms with Crippen LogP contribution in [0, 0.1) is 5.92 Å². The molecule has 20 heavy (non-hydrogen) atoms. The number of halogens is 1. The molecule has 5 heteroatoms. The summed E-state index contributed by atoms with van der Waals surface area (Å²) in [6.45, 7) is 5.04. The molecular formula is C15H24BrN3O. The average Bonchev–Trinajstić information content (AvgIpc) is 3.11. The van der Waals surface area contributed by atoms with Crippen molar-refractivity contribution < 1.29 is 4.79 Å². The molecule has 0 saturated heterocycles. The fourth-order valence-electron chi connectivity index (χ4n) is 2.58. The van der Waals surface area contributed by atoms with Crippen LogP contribution in [0.1, 0.15) is 43.2 Å². The van der Waals surface area contributed by atoms with Crippen molar-refractivity contribution >= 4 is 21.8 Å². The highest BCUT2D eigenvalue weighted by molar-refractivity contribution is 9.10. The normalized spacial score (nSPS) is 16.8. The van der Waals surface area contributed by atoms with Gasteiger partial charge < -0.3 is 14.8 Å². The molecule has 1 aliphatic rings. The average molecular weight is 342 g/mol. The minimum Gasteiger partial charge on any atom is -0.349 e. The molecule has 1 atom stereocenters. The first-order valence-electron chi connectivity index (χ1n) is 7.22. The summed E-state index contributed by atoms with van der Waals surface area (Å²) in [6.07, 6.45) is 4.36. The number of carbonyl (C=O) groups is 1. The third kappa shape index (κ3) is 3.64. The van der Waals surface area contributed by atoms with Crippen LogP contribution in [-0.2, 0) is 0 Å². The van der Waals surface area contributed by atoms with Gasteiger partial charge in [-0.1, -0.05) is 13.8 Å². The van der Waals surface area contributed by atoms with Gasteiger partial charge >= 0.3 is 0 Å². The molecule has 1 fully saturated rings. The Kier molecular flexibility index (Phi) is 4.91. The van der Waals surface area contributed by atoms with Crippen LogP contribution in [0.3, 0.4) is 0 Å². The Bertz CT molecular complexity index is 469. The lowest BCUT2D eigenvalue weighted by Gasteiger charge is -2.28. The van der Waals surface area contributed by atoms with Crippen molar-refractivity contribution in [3.8, 4) is 0 Å². The number of hydrogen-bond donors (Lipinski definition) is 1. The first-order chi connectivity index (χ1) is 9.40. The summed E-state index contributed by atoms with van der Waals surface area (Å²) in [6, 6.07) is 2.77. The predicted octanol–water partition coefficient (Wildman–Crippen LogP) is 2.90. The topological polar surface area (TPSA) is 37.3 Å². The maximum absolute atomic E-state index is 12.4. The van der Waals surface area contributed by atoms with E-state index < -0.39 is 0 Å². The Balaban J connectivity index is 2.01. The van der Waals surface area contributed by atoms with Crippen LogP contribution in [0.2, 0.25) is 0 Å². The summed E-state index contributed by atoms with van der Waals surface area (Å²) in [5.74, 6) is 0.530. The molecule has 0 radical (unpaired) electrons. The number of nitrogens with one attached hydrogen (secondary N) is 1. The van der Waals surface area contributed by atoms with Crippen molar-refractivity contribution in [1.82, 2.24) is 14.8 Å². The largest absolute Gasteiger partial charge is 0.349 e. The number of hydrogen-bond acceptors (Lipinski definition) is 2. The maximum atomic E-state index is 12.4. The zero-order valence-electron chi connectivity index (χ0n) is 12.7. The van der Waals surface area contributed by atoms with E-state index in [9.17, 15) is 4.79 Å². The van der Waals surface area contributed by atoms with Gasteiger partial charge in [0.2, 0.25) is 0 Å². The van der Waals surface area contributed by atoms with Crippen LogP contribution in [0.4, 0.5) is 0 Å². The summed E-state index contributed by atoms with van der Waals surface area (Å²) in [7, 11) is 4.11. The van der Waals surface area contributed by atoms with Crippen molar-refractivity contribution in [1.29, 1.82) is 0 Å². The van der Waals surface area contributed by atoms with Gasteiger partial charge in [-0.05, 0) is 54.9 Å². The first kappa shape index (κ1) is 15.6. The number of likely N-dealkylation sites (N-methyl/N-ethyl adjacent to an activating group) is 1. The van der Waals surface area contributed by atoms with Gasteiger partial charge in [0.15, 0.2) is 0 Å². The summed E-state index contributed by atoms with van der Waals surface area (Å²) in [5, 5.41) is 3.08. The molecule has 0 bridgehead atoms. The van der Waals surface area contributed by atoms with Crippen LogP contribution in [0.15, 0.2) is 16.7 Å². The number of aromatic nitrogens is 1. The van der Waals surface area contributed by atoms with E-state index in [1.165, 1.54) is 12.8 Å². The summed E-state index contributed by atoms with van der Waals surface area (Å²) >= 11 is 3.46. The highest BCUT2D eigenvalue weighted by Crippen LogP contribution is 2.37. The zero-order chi connectivity index (χ0) is 14.9. The van der Waals surface area contributed by atoms with Crippen molar-refractivity contribution in [2.24, 2.45) is 5.92 Å². The van der Waals surface area contributed by atoms with Gasteiger partial charge in [0.05, 0.1) is 0 Å². The molecule has 1 heterocycles. The maximum Gasteiger partial charge on any atom is 0.268 e. The van der Waals surface area contributed by atoms with Gasteiger partial charge in [0.25, 0.3) is 5.91 Å². The van der Waals surface area contributed by atoms with Gasteiger partial charge in [0.1, 0.15) is 5.69 Å². The molecule has 2 rings (SSSR count). The van der Waals surface area contributed by atoms with Gasteiger partial charge in [-0.3, -0.25) is 4.79 Å². The van der Waals surface area contributed by atoms with E-state index in [0.29, 0.717) is 24.5 Å². The van der Waals surface area contributed by atoms with E-state index in [2.05, 4.69) is 58.7 Å². The zero-order valence-corrected chi connectivity index (χ0v) is 14.3. The smallest absolute Gasteiger partial charge is 0.268 e. The summed E-state index contributed by atoms with van der Waals surface area (Å²) < 4.78 is 3.07. The highest BCUT2D eigenvalue weighted by atomic mass is 79.9. The van der Waals surface area contributed by atoms with Gasteiger partial charge in [-0.15, -0.1) is 0 Å². The van der Waals surface area contributed by atoms with E-state index >= 15 is 0 Å². The van der Waals surface area contributed by atoms with Crippen LogP contribution in [-0.4, -0.2) is 42.1 Å². The van der Waals surface area contributed by atoms with Gasteiger partial charge in [-0.25, -0.2) is 0 Å². The second kappa shape index (κ2) is 6.31. The second-order valence-corrected chi connectivity index (χ2v) is 7.08. The van der Waals surface area contributed by atoms with Crippen LogP contribution >= 0.6 is 15.9 Å². The molecule has 1 aliphatic carbocycles. The molecule has 4 nitrogen and oxygen atoms in total. The molecule has 1 N–H and O–H groups in total. The molecule has 1 amide bonds. The molecule has 0 aromatic carbocycles. The monoisotopic (exact) mass is 341 g/mol. The highest BCUT2D eigenvalue weighted by Gasteiger charge is 2.28. The summed E-state index contributed by atoms with van der Waals surface area (Å²) in [5.41, 5.74) is 0.764. The third-order valence-electron chi connectivity index (χ3n) is 3.89. The van der Waals surface area contributed by atoms with Gasteiger partial charge in [0, 0.05) is 29.3 Å². The van der Waals surface area contributed by atoms with Crippen molar-refractivity contribution in [3.63, 3.8) is 0 Å². The van der Waals surface area contributed by atoms with E-state index in [-0.39, 0.29) is 5.91 Å². The molecule has 0 aliphatic heterocycles. The van der Waals surface area contributed by atoms with Crippen molar-refractivity contribution in [2.45, 2.75) is 38.8 Å². The molecule has 112 valence electrons. The lowest BCUT2D eigenvalue weighted by molar-refractivity contribution is 0.0925. The van der Waals surface area contributed by atoms with E-state index in [0.717, 1.165) is 10.2 Å². The Labute approximate surface area is 129 Å². The Hall–Kier alpha value is -0.810. The van der Waals surface area contributed by atoms with Crippen LogP contribution in [0.25, 0.3) is 0 Å². The molecule has 1 unspecified atom stereocenters. The van der Waals surface area contributed by atoms with Crippen LogP contribution in [0.5, 0.6) is 0 Å². The predicted molar refractivity (Wildman–Crippen MR) is 85.0 cm³/mol. The number of nitrogens with zero attached hydrogens (tertiary/aromatic N) is 2. The first-order valence-corrected chi connectivity index (χ1v) is 8.01. The van der Waals surface area contributed by atoms with E-state index in [1.54, 1.807) is 0 Å². The molecule has 1 saturated carbocycles. The minimum absolute atomic E-state index is 0.0232. The quantitative estimate of drug-likeness (QED) is 0.863. The van der Waals surface area contributed by atoms with Crippen molar-refractivity contribution in [3.05, 3.63) is 22.4 Å². The Morgan fingerprint density at radius 1 is 1.50 bits per heavy atom. The lowest BCUT2D eigenvalue weighted by atomic mass is 10.0. The van der Waals surface area contributed by atoms with Gasteiger partial charge in [-0.2, -0.15) is 0 Å². The number of amides is 1. The molecule has 1 aromatic rings. The second-order valence-electron chi connectivity index (χ2n) is 6.17. The third-order valence-corrected chi connectivity index (χ3v) is 4.33. The standard InChI is InChI=1S/C15H24BrN3O/c1-10(2)14(18(3)4)8-17-15(20)13-7-11(16)9-19(13)12-5-6-12/h7,9-10,12,14H,5-6,8H2,1-4H3,(H,17,20). The lowest BCUT2D eigenvalue weighted by Crippen LogP contribution is -2.43. The number of carbonyl (C=O) groups excluding carboxylic acids is 1. The fraction of sp³-hybridized carbons (Fsp3) is 0.667. The number of rotatable bonds is 6. The summed E-state index contributed by atoms with van der Waals surface area (Å²) in [4.78, 5) is 14.6. The SMILES string of the molecule is CC(C)C(CNC(=O)c1cc(Br)cn1C1CC1)N(C)C. The molecule has 1 aromatic heterocycles. The molecule has 0 spiro atoms.